The maximum Gasteiger partial charge on any atom is 0.255 e. The summed E-state index contributed by atoms with van der Waals surface area (Å²) in [7, 11) is 1.57. The molecule has 0 saturated heterocycles. The van der Waals surface area contributed by atoms with E-state index in [1.54, 1.807) is 13.2 Å². The lowest BCUT2D eigenvalue weighted by Crippen LogP contribution is -2.25. The summed E-state index contributed by atoms with van der Waals surface area (Å²) in [5.74, 6) is 0.404. The molecule has 3 N–H and O–H groups in total. The van der Waals surface area contributed by atoms with Crippen LogP contribution < -0.4 is 10.1 Å². The van der Waals surface area contributed by atoms with Crippen LogP contribution in [0, 0.1) is 0 Å². The first-order valence-electron chi connectivity index (χ1n) is 8.93. The molecule has 3 aromatic rings. The lowest BCUT2D eigenvalue weighted by atomic mass is 10.1. The summed E-state index contributed by atoms with van der Waals surface area (Å²) in [5, 5.41) is 20.3. The average Bonchev–Trinajstić information content (AvgIpc) is 3.42. The smallest absolute Gasteiger partial charge is 0.255 e. The first-order chi connectivity index (χ1) is 13.2. The fourth-order valence-electron chi connectivity index (χ4n) is 3.02. The lowest BCUT2D eigenvalue weighted by Gasteiger charge is -2.10. The second-order valence-corrected chi connectivity index (χ2v) is 6.66. The quantitative estimate of drug-likeness (QED) is 0.628. The van der Waals surface area contributed by atoms with Crippen LogP contribution in [0.5, 0.6) is 5.75 Å². The van der Waals surface area contributed by atoms with Gasteiger partial charge >= 0.3 is 0 Å². The summed E-state index contributed by atoms with van der Waals surface area (Å²) in [6.45, 7) is 0.0259. The molecule has 1 saturated carbocycles. The van der Waals surface area contributed by atoms with Crippen LogP contribution in [-0.4, -0.2) is 34.4 Å². The number of hydrogen-bond donors (Lipinski definition) is 3. The molecule has 138 valence electrons. The fraction of sp³-hybridized carbons (Fsp3) is 0.238. The highest BCUT2D eigenvalue weighted by atomic mass is 16.5. The van der Waals surface area contributed by atoms with Crippen LogP contribution in [0.15, 0.2) is 36.4 Å². The van der Waals surface area contributed by atoms with Crippen molar-refractivity contribution >= 4 is 29.0 Å². The van der Waals surface area contributed by atoms with Gasteiger partial charge in [-0.15, -0.1) is 0 Å². The molecular formula is C21H21N3O3. The van der Waals surface area contributed by atoms with E-state index in [4.69, 9.17) is 9.84 Å². The standard InChI is InChI=1S/C21H21N3O3/c1-27-20-16(21(26)22-15-7-8-15)9-11-18-19(20)17(23-24-18)10-6-13-2-4-14(12-25)5-3-13/h2-6,9-11,15,25H,7-8,12H2,1H3,(H,22,26)(H,23,24)/b10-6+. The van der Waals surface area contributed by atoms with E-state index >= 15 is 0 Å². The Morgan fingerprint density at radius 2 is 2.04 bits per heavy atom. The van der Waals surface area contributed by atoms with Gasteiger partial charge in [0, 0.05) is 6.04 Å². The molecule has 0 radical (unpaired) electrons. The van der Waals surface area contributed by atoms with Gasteiger partial charge in [-0.05, 0) is 42.2 Å². The van der Waals surface area contributed by atoms with Gasteiger partial charge in [-0.2, -0.15) is 5.10 Å². The number of benzene rings is 2. The molecule has 0 spiro atoms. The zero-order chi connectivity index (χ0) is 18.8. The molecule has 1 aliphatic rings. The predicted molar refractivity (Wildman–Crippen MR) is 104 cm³/mol. The third-order valence-corrected chi connectivity index (χ3v) is 4.67. The van der Waals surface area contributed by atoms with Crippen molar-refractivity contribution in [2.75, 3.05) is 7.11 Å². The highest BCUT2D eigenvalue weighted by molar-refractivity contribution is 6.05. The van der Waals surface area contributed by atoms with Gasteiger partial charge in [-0.1, -0.05) is 30.3 Å². The molecule has 1 heterocycles. The fourth-order valence-corrected chi connectivity index (χ4v) is 3.02. The van der Waals surface area contributed by atoms with Gasteiger partial charge in [-0.25, -0.2) is 0 Å². The number of fused-ring (bicyclic) bond motifs is 1. The topological polar surface area (TPSA) is 87.2 Å². The van der Waals surface area contributed by atoms with Gasteiger partial charge in [0.25, 0.3) is 5.91 Å². The van der Waals surface area contributed by atoms with Crippen LogP contribution in [0.1, 0.15) is 40.0 Å². The number of ether oxygens (including phenoxy) is 1. The highest BCUT2D eigenvalue weighted by Crippen LogP contribution is 2.33. The Morgan fingerprint density at radius 3 is 2.70 bits per heavy atom. The largest absolute Gasteiger partial charge is 0.495 e. The van der Waals surface area contributed by atoms with Crippen LogP contribution in [-0.2, 0) is 6.61 Å². The van der Waals surface area contributed by atoms with Crippen LogP contribution in [0.2, 0.25) is 0 Å². The maximum atomic E-state index is 12.5. The number of aliphatic hydroxyl groups is 1. The maximum absolute atomic E-state index is 12.5. The Bertz CT molecular complexity index is 1000. The molecule has 0 unspecified atom stereocenters. The van der Waals surface area contributed by atoms with E-state index in [-0.39, 0.29) is 18.6 Å². The number of aromatic amines is 1. The summed E-state index contributed by atoms with van der Waals surface area (Å²) in [5.41, 5.74) is 3.89. The zero-order valence-electron chi connectivity index (χ0n) is 15.0. The first-order valence-corrected chi connectivity index (χ1v) is 8.93. The summed E-state index contributed by atoms with van der Waals surface area (Å²) < 4.78 is 5.58. The van der Waals surface area contributed by atoms with Gasteiger partial charge in [-0.3, -0.25) is 9.89 Å². The molecular weight excluding hydrogens is 342 g/mol. The van der Waals surface area contributed by atoms with Crippen LogP contribution >= 0.6 is 0 Å². The molecule has 0 aliphatic heterocycles. The van der Waals surface area contributed by atoms with E-state index in [2.05, 4.69) is 15.5 Å². The molecule has 6 nitrogen and oxygen atoms in total. The van der Waals surface area contributed by atoms with E-state index in [0.717, 1.165) is 40.6 Å². The minimum absolute atomic E-state index is 0.0259. The van der Waals surface area contributed by atoms with Gasteiger partial charge in [0.2, 0.25) is 0 Å². The van der Waals surface area contributed by atoms with Crippen molar-refractivity contribution in [1.82, 2.24) is 15.5 Å². The van der Waals surface area contributed by atoms with Gasteiger partial charge in [0.1, 0.15) is 5.75 Å². The molecule has 1 amide bonds. The summed E-state index contributed by atoms with van der Waals surface area (Å²) in [6.07, 6.45) is 5.93. The normalized spacial score (nSPS) is 14.0. The average molecular weight is 363 g/mol. The lowest BCUT2D eigenvalue weighted by molar-refractivity contribution is 0.0948. The number of carbonyl (C=O) groups excluding carboxylic acids is 1. The van der Waals surface area contributed by atoms with Crippen molar-refractivity contribution in [3.05, 3.63) is 58.8 Å². The predicted octanol–water partition coefficient (Wildman–Crippen LogP) is 3.13. The van der Waals surface area contributed by atoms with E-state index in [9.17, 15) is 4.79 Å². The number of hydrogen-bond acceptors (Lipinski definition) is 4. The number of aliphatic hydroxyl groups excluding tert-OH is 1. The minimum atomic E-state index is -0.119. The number of aromatic nitrogens is 2. The van der Waals surface area contributed by atoms with Crippen LogP contribution in [0.4, 0.5) is 0 Å². The van der Waals surface area contributed by atoms with Crippen LogP contribution in [0.3, 0.4) is 0 Å². The van der Waals surface area contributed by atoms with E-state index in [0.29, 0.717) is 11.3 Å². The molecule has 6 heteroatoms. The number of nitrogens with one attached hydrogen (secondary N) is 2. The second-order valence-electron chi connectivity index (χ2n) is 6.66. The number of amides is 1. The van der Waals surface area contributed by atoms with Crippen molar-refractivity contribution in [3.63, 3.8) is 0 Å². The first kappa shape index (κ1) is 17.3. The van der Waals surface area contributed by atoms with Crippen molar-refractivity contribution in [2.45, 2.75) is 25.5 Å². The van der Waals surface area contributed by atoms with Gasteiger partial charge < -0.3 is 15.2 Å². The number of rotatable bonds is 6. The SMILES string of the molecule is COc1c(C(=O)NC2CC2)ccc2n[nH]c(/C=C/c3ccc(CO)cc3)c12. The molecule has 1 fully saturated rings. The summed E-state index contributed by atoms with van der Waals surface area (Å²) in [6, 6.07) is 11.5. The Kier molecular flexibility index (Phi) is 4.64. The van der Waals surface area contributed by atoms with Crippen molar-refractivity contribution < 1.29 is 14.6 Å². The molecule has 0 atom stereocenters. The monoisotopic (exact) mass is 363 g/mol. The Labute approximate surface area is 156 Å². The van der Waals surface area contributed by atoms with Gasteiger partial charge in [0.05, 0.1) is 35.9 Å². The van der Waals surface area contributed by atoms with Gasteiger partial charge in [0.15, 0.2) is 0 Å². The summed E-state index contributed by atoms with van der Waals surface area (Å²) in [4.78, 5) is 12.5. The number of methoxy groups -OCH3 is 1. The van der Waals surface area contributed by atoms with Crippen molar-refractivity contribution in [3.8, 4) is 5.75 Å². The third kappa shape index (κ3) is 3.57. The third-order valence-electron chi connectivity index (χ3n) is 4.67. The summed E-state index contributed by atoms with van der Waals surface area (Å²) >= 11 is 0. The van der Waals surface area contributed by atoms with Crippen molar-refractivity contribution in [2.24, 2.45) is 0 Å². The molecule has 1 aromatic heterocycles. The Hall–Kier alpha value is -3.12. The molecule has 4 rings (SSSR count). The highest BCUT2D eigenvalue weighted by Gasteiger charge is 2.26. The van der Waals surface area contributed by atoms with E-state index in [1.807, 2.05) is 42.5 Å². The van der Waals surface area contributed by atoms with E-state index < -0.39 is 0 Å². The molecule has 2 aromatic carbocycles. The van der Waals surface area contributed by atoms with Crippen LogP contribution in [0.25, 0.3) is 23.1 Å². The number of H-pyrrole nitrogens is 1. The molecule has 27 heavy (non-hydrogen) atoms. The zero-order valence-corrected chi connectivity index (χ0v) is 15.0. The minimum Gasteiger partial charge on any atom is -0.495 e. The Balaban J connectivity index is 1.69. The van der Waals surface area contributed by atoms with E-state index in [1.165, 1.54) is 0 Å². The number of carbonyl (C=O) groups is 1. The Morgan fingerprint density at radius 1 is 1.26 bits per heavy atom. The van der Waals surface area contributed by atoms with Crippen molar-refractivity contribution in [1.29, 1.82) is 0 Å². The molecule has 1 aliphatic carbocycles. The second kappa shape index (κ2) is 7.25. The molecule has 0 bridgehead atoms. The number of nitrogens with zero attached hydrogens (tertiary/aromatic N) is 1.